The largest absolute Gasteiger partial charge is 0.339 e. The normalized spacial score (nSPS) is 19.9. The Morgan fingerprint density at radius 3 is 2.12 bits per heavy atom. The van der Waals surface area contributed by atoms with Crippen LogP contribution in [-0.4, -0.2) is 72.3 Å². The molecule has 2 saturated heterocycles. The molecule has 5 heteroatoms. The van der Waals surface area contributed by atoms with Crippen LogP contribution < -0.4 is 0 Å². The average Bonchev–Trinajstić information content (AvgIpc) is 2.64. The topological polar surface area (TPSA) is 43.9 Å². The maximum atomic E-state index is 12.5. The first-order valence-electron chi connectivity index (χ1n) is 9.41. The molecule has 25 heavy (non-hydrogen) atoms. The molecular formula is C20H29N3O2. The molecule has 1 aromatic carbocycles. The highest BCUT2D eigenvalue weighted by molar-refractivity contribution is 5.79. The number of carbonyl (C=O) groups is 2. The van der Waals surface area contributed by atoms with E-state index in [0.717, 1.165) is 25.4 Å². The second-order valence-electron chi connectivity index (χ2n) is 7.30. The molecule has 2 amide bonds. The van der Waals surface area contributed by atoms with Crippen molar-refractivity contribution < 1.29 is 9.59 Å². The summed E-state index contributed by atoms with van der Waals surface area (Å²) in [5.74, 6) is 1.05. The molecule has 0 saturated carbocycles. The lowest BCUT2D eigenvalue weighted by Gasteiger charge is -2.37. The van der Waals surface area contributed by atoms with Crippen LogP contribution in [-0.2, 0) is 16.0 Å². The van der Waals surface area contributed by atoms with Crippen molar-refractivity contribution in [2.75, 3.05) is 45.8 Å². The number of piperazine rings is 1. The molecule has 0 unspecified atom stereocenters. The summed E-state index contributed by atoms with van der Waals surface area (Å²) in [6.07, 6.45) is 3.48. The molecule has 2 heterocycles. The summed E-state index contributed by atoms with van der Waals surface area (Å²) in [7, 11) is 0. The Hall–Kier alpha value is -1.88. The predicted molar refractivity (Wildman–Crippen MR) is 98.1 cm³/mol. The number of benzene rings is 1. The van der Waals surface area contributed by atoms with E-state index in [1.54, 1.807) is 6.92 Å². The lowest BCUT2D eigenvalue weighted by Crippen LogP contribution is -2.52. The first kappa shape index (κ1) is 17.9. The maximum Gasteiger partial charge on any atom is 0.236 e. The Kier molecular flexibility index (Phi) is 6.08. The van der Waals surface area contributed by atoms with Gasteiger partial charge in [0.1, 0.15) is 0 Å². The van der Waals surface area contributed by atoms with E-state index in [1.165, 1.54) is 18.4 Å². The van der Waals surface area contributed by atoms with Crippen LogP contribution in [0.5, 0.6) is 0 Å². The summed E-state index contributed by atoms with van der Waals surface area (Å²) in [6.45, 7) is 6.81. The first-order valence-corrected chi connectivity index (χ1v) is 9.41. The zero-order valence-corrected chi connectivity index (χ0v) is 15.2. The van der Waals surface area contributed by atoms with Crippen molar-refractivity contribution in [2.45, 2.75) is 26.2 Å². The fourth-order valence-corrected chi connectivity index (χ4v) is 3.86. The molecule has 2 aliphatic heterocycles. The van der Waals surface area contributed by atoms with E-state index in [-0.39, 0.29) is 11.8 Å². The molecule has 0 atom stereocenters. The van der Waals surface area contributed by atoms with Crippen molar-refractivity contribution in [3.63, 3.8) is 0 Å². The minimum Gasteiger partial charge on any atom is -0.339 e. The monoisotopic (exact) mass is 343 g/mol. The van der Waals surface area contributed by atoms with Gasteiger partial charge in [-0.3, -0.25) is 14.5 Å². The van der Waals surface area contributed by atoms with Gasteiger partial charge in [-0.1, -0.05) is 30.3 Å². The Labute approximate surface area is 150 Å². The zero-order chi connectivity index (χ0) is 17.6. The van der Waals surface area contributed by atoms with Crippen molar-refractivity contribution in [3.05, 3.63) is 35.9 Å². The summed E-state index contributed by atoms with van der Waals surface area (Å²) in [4.78, 5) is 29.9. The van der Waals surface area contributed by atoms with Crippen LogP contribution in [0.3, 0.4) is 0 Å². The van der Waals surface area contributed by atoms with E-state index in [1.807, 2.05) is 9.80 Å². The van der Waals surface area contributed by atoms with E-state index in [9.17, 15) is 9.59 Å². The zero-order valence-electron chi connectivity index (χ0n) is 15.2. The van der Waals surface area contributed by atoms with Gasteiger partial charge in [-0.05, 0) is 43.8 Å². The molecule has 0 aromatic heterocycles. The Balaban J connectivity index is 1.39. The van der Waals surface area contributed by atoms with Gasteiger partial charge in [-0.25, -0.2) is 0 Å². The van der Waals surface area contributed by atoms with Crippen LogP contribution in [0.25, 0.3) is 0 Å². The van der Waals surface area contributed by atoms with Crippen LogP contribution >= 0.6 is 0 Å². The highest BCUT2D eigenvalue weighted by atomic mass is 16.2. The summed E-state index contributed by atoms with van der Waals surface area (Å²) in [5.41, 5.74) is 1.42. The number of piperidine rings is 1. The quantitative estimate of drug-likeness (QED) is 0.835. The van der Waals surface area contributed by atoms with Crippen molar-refractivity contribution in [1.29, 1.82) is 0 Å². The fraction of sp³-hybridized carbons (Fsp3) is 0.600. The van der Waals surface area contributed by atoms with Crippen LogP contribution in [0.4, 0.5) is 0 Å². The highest BCUT2D eigenvalue weighted by Gasteiger charge is 2.26. The third-order valence-corrected chi connectivity index (χ3v) is 5.51. The van der Waals surface area contributed by atoms with E-state index in [0.29, 0.717) is 32.7 Å². The van der Waals surface area contributed by atoms with Gasteiger partial charge < -0.3 is 9.80 Å². The standard InChI is InChI=1S/C20H29N3O2/c1-17(24)22-11-13-23(14-12-22)20(25)16-21-9-7-19(8-10-21)15-18-5-3-2-4-6-18/h2-6,19H,7-16H2,1H3. The summed E-state index contributed by atoms with van der Waals surface area (Å²) < 4.78 is 0. The number of rotatable bonds is 4. The van der Waals surface area contributed by atoms with Gasteiger partial charge >= 0.3 is 0 Å². The van der Waals surface area contributed by atoms with Gasteiger partial charge in [0.15, 0.2) is 0 Å². The van der Waals surface area contributed by atoms with Gasteiger partial charge in [0.25, 0.3) is 0 Å². The molecule has 1 aromatic rings. The molecule has 3 rings (SSSR count). The van der Waals surface area contributed by atoms with E-state index < -0.39 is 0 Å². The second kappa shape index (κ2) is 8.48. The van der Waals surface area contributed by atoms with Crippen molar-refractivity contribution >= 4 is 11.8 Å². The minimum absolute atomic E-state index is 0.104. The van der Waals surface area contributed by atoms with Crippen molar-refractivity contribution in [1.82, 2.24) is 14.7 Å². The average molecular weight is 343 g/mol. The van der Waals surface area contributed by atoms with Crippen LogP contribution in [0.15, 0.2) is 30.3 Å². The van der Waals surface area contributed by atoms with E-state index >= 15 is 0 Å². The SMILES string of the molecule is CC(=O)N1CCN(C(=O)CN2CCC(Cc3ccccc3)CC2)CC1. The molecule has 0 bridgehead atoms. The van der Waals surface area contributed by atoms with Crippen molar-refractivity contribution in [3.8, 4) is 0 Å². The molecule has 0 radical (unpaired) electrons. The number of hydrogen-bond donors (Lipinski definition) is 0. The number of nitrogens with zero attached hydrogens (tertiary/aromatic N) is 3. The van der Waals surface area contributed by atoms with E-state index in [2.05, 4.69) is 35.2 Å². The number of amides is 2. The summed E-state index contributed by atoms with van der Waals surface area (Å²) in [6, 6.07) is 10.7. The van der Waals surface area contributed by atoms with E-state index in [4.69, 9.17) is 0 Å². The number of hydrogen-bond acceptors (Lipinski definition) is 3. The smallest absolute Gasteiger partial charge is 0.236 e. The highest BCUT2D eigenvalue weighted by Crippen LogP contribution is 2.21. The fourth-order valence-electron chi connectivity index (χ4n) is 3.86. The Morgan fingerprint density at radius 2 is 1.52 bits per heavy atom. The number of likely N-dealkylation sites (tertiary alicyclic amines) is 1. The van der Waals surface area contributed by atoms with Gasteiger partial charge in [0, 0.05) is 33.1 Å². The van der Waals surface area contributed by atoms with Gasteiger partial charge in [0.05, 0.1) is 6.54 Å². The molecule has 2 aliphatic rings. The minimum atomic E-state index is 0.104. The van der Waals surface area contributed by atoms with Gasteiger partial charge in [-0.2, -0.15) is 0 Å². The summed E-state index contributed by atoms with van der Waals surface area (Å²) in [5, 5.41) is 0. The molecule has 0 N–H and O–H groups in total. The maximum absolute atomic E-state index is 12.5. The molecule has 5 nitrogen and oxygen atoms in total. The molecule has 0 aliphatic carbocycles. The Bertz CT molecular complexity index is 574. The Morgan fingerprint density at radius 1 is 0.920 bits per heavy atom. The van der Waals surface area contributed by atoms with Gasteiger partial charge in [-0.15, -0.1) is 0 Å². The molecule has 136 valence electrons. The summed E-state index contributed by atoms with van der Waals surface area (Å²) >= 11 is 0. The molecule has 0 spiro atoms. The molecular weight excluding hydrogens is 314 g/mol. The van der Waals surface area contributed by atoms with Crippen LogP contribution in [0.2, 0.25) is 0 Å². The van der Waals surface area contributed by atoms with Crippen LogP contribution in [0.1, 0.15) is 25.3 Å². The molecule has 2 fully saturated rings. The number of carbonyl (C=O) groups excluding carboxylic acids is 2. The van der Waals surface area contributed by atoms with Crippen molar-refractivity contribution in [2.24, 2.45) is 5.92 Å². The third kappa shape index (κ3) is 5.05. The van der Waals surface area contributed by atoms with Gasteiger partial charge in [0.2, 0.25) is 11.8 Å². The first-order chi connectivity index (χ1) is 12.1. The third-order valence-electron chi connectivity index (χ3n) is 5.51. The lowest BCUT2D eigenvalue weighted by molar-refractivity contribution is -0.139. The van der Waals surface area contributed by atoms with Crippen LogP contribution in [0, 0.1) is 5.92 Å². The lowest BCUT2D eigenvalue weighted by atomic mass is 9.90. The predicted octanol–water partition coefficient (Wildman–Crippen LogP) is 1.63. The second-order valence-corrected chi connectivity index (χ2v) is 7.30.